The Hall–Kier alpha value is -3.21. The van der Waals surface area contributed by atoms with Crippen molar-refractivity contribution in [2.75, 3.05) is 0 Å². The van der Waals surface area contributed by atoms with Crippen LogP contribution in [0.15, 0.2) is 90.3 Å². The van der Waals surface area contributed by atoms with Crippen LogP contribution in [0.5, 0.6) is 0 Å². The third-order valence-corrected chi connectivity index (χ3v) is 8.16. The van der Waals surface area contributed by atoms with Gasteiger partial charge in [-0.25, -0.2) is 0 Å². The number of hydrogen-bond donors (Lipinski definition) is 2. The van der Waals surface area contributed by atoms with E-state index < -0.39 is 12.1 Å². The van der Waals surface area contributed by atoms with Crippen molar-refractivity contribution in [1.29, 1.82) is 0 Å². The topological polar surface area (TPSA) is 57.5 Å². The molecular weight excluding hydrogens is 452 g/mol. The number of aryl methyl sites for hydroxylation is 1. The molecule has 3 nitrogen and oxygen atoms in total. The predicted molar refractivity (Wildman–Crippen MR) is 143 cm³/mol. The summed E-state index contributed by atoms with van der Waals surface area (Å²) in [7, 11) is 0. The van der Waals surface area contributed by atoms with Crippen LogP contribution in [0.1, 0.15) is 54.2 Å². The number of carboxylic acid groups (broad SMARTS) is 1. The molecule has 0 aliphatic heterocycles. The van der Waals surface area contributed by atoms with E-state index in [1.165, 1.54) is 16.0 Å². The zero-order chi connectivity index (χ0) is 24.3. The normalized spacial score (nSPS) is 15.0. The van der Waals surface area contributed by atoms with Crippen molar-refractivity contribution in [2.24, 2.45) is 0 Å². The molecular formula is C31H30O3S. The number of carboxylic acids is 1. The number of thiophene rings is 1. The fourth-order valence-electron chi connectivity index (χ4n) is 4.96. The van der Waals surface area contributed by atoms with Crippen LogP contribution in [0.2, 0.25) is 0 Å². The van der Waals surface area contributed by atoms with Crippen LogP contribution in [0.4, 0.5) is 0 Å². The van der Waals surface area contributed by atoms with Gasteiger partial charge in [0.05, 0.1) is 12.5 Å². The van der Waals surface area contributed by atoms with Crippen LogP contribution in [-0.4, -0.2) is 16.2 Å². The highest BCUT2D eigenvalue weighted by molar-refractivity contribution is 7.10. The Labute approximate surface area is 210 Å². The van der Waals surface area contributed by atoms with Gasteiger partial charge in [0.2, 0.25) is 0 Å². The maximum atomic E-state index is 11.2. The summed E-state index contributed by atoms with van der Waals surface area (Å²) >= 11 is 1.78. The van der Waals surface area contributed by atoms with Gasteiger partial charge in [-0.1, -0.05) is 78.9 Å². The minimum Gasteiger partial charge on any atom is -0.481 e. The summed E-state index contributed by atoms with van der Waals surface area (Å²) in [5.41, 5.74) is 6.76. The zero-order valence-electron chi connectivity index (χ0n) is 19.7. The van der Waals surface area contributed by atoms with Crippen LogP contribution in [0, 0.1) is 0 Å². The second kappa shape index (κ2) is 10.2. The minimum atomic E-state index is -0.720. The molecule has 3 aromatic carbocycles. The first kappa shape index (κ1) is 23.5. The molecule has 0 saturated heterocycles. The van der Waals surface area contributed by atoms with Gasteiger partial charge in [-0.15, -0.1) is 11.3 Å². The van der Waals surface area contributed by atoms with Crippen molar-refractivity contribution >= 4 is 17.3 Å². The predicted octanol–water partition coefficient (Wildman–Crippen LogP) is 7.64. The molecule has 1 aromatic heterocycles. The standard InChI is InChI=1S/C31H30O3S/c32-28(25-5-2-1-3-6-25)7-4-8-29-27(17-20-35-29)24-11-9-22(10-12-24)23-13-15-26(16-14-23)31(18-19-31)21-30(33)34/h1-3,5-6,9-17,20,28,32H,4,7-8,18-19,21H2,(H,33,34). The van der Waals surface area contributed by atoms with Crippen LogP contribution < -0.4 is 0 Å². The quantitative estimate of drug-likeness (QED) is 0.244. The average Bonchev–Trinajstić information content (AvgIpc) is 3.51. The molecule has 4 heteroatoms. The first-order valence-electron chi connectivity index (χ1n) is 12.3. The first-order valence-corrected chi connectivity index (χ1v) is 13.1. The number of benzene rings is 3. The lowest BCUT2D eigenvalue weighted by molar-refractivity contribution is -0.137. The molecule has 0 bridgehead atoms. The molecule has 1 unspecified atom stereocenters. The fourth-order valence-corrected chi connectivity index (χ4v) is 5.90. The van der Waals surface area contributed by atoms with E-state index in [2.05, 4.69) is 60.0 Å². The van der Waals surface area contributed by atoms with Crippen molar-refractivity contribution < 1.29 is 15.0 Å². The van der Waals surface area contributed by atoms with Gasteiger partial charge in [-0.05, 0) is 76.9 Å². The molecule has 4 aromatic rings. The summed E-state index contributed by atoms with van der Waals surface area (Å²) in [6, 6.07) is 29.2. The van der Waals surface area contributed by atoms with Crippen LogP contribution >= 0.6 is 11.3 Å². The summed E-state index contributed by atoms with van der Waals surface area (Å²) in [4.78, 5) is 12.6. The van der Waals surface area contributed by atoms with Gasteiger partial charge in [0, 0.05) is 10.3 Å². The summed E-state index contributed by atoms with van der Waals surface area (Å²) in [6.07, 6.45) is 4.38. The Balaban J connectivity index is 1.23. The molecule has 5 rings (SSSR count). The van der Waals surface area contributed by atoms with Crippen LogP contribution in [0.3, 0.4) is 0 Å². The van der Waals surface area contributed by atoms with Gasteiger partial charge in [0.15, 0.2) is 0 Å². The van der Waals surface area contributed by atoms with Gasteiger partial charge < -0.3 is 10.2 Å². The molecule has 1 atom stereocenters. The lowest BCUT2D eigenvalue weighted by Gasteiger charge is -2.14. The van der Waals surface area contributed by atoms with E-state index in [1.54, 1.807) is 11.3 Å². The lowest BCUT2D eigenvalue weighted by Crippen LogP contribution is -2.12. The lowest BCUT2D eigenvalue weighted by atomic mass is 9.90. The van der Waals surface area contributed by atoms with Crippen molar-refractivity contribution in [2.45, 2.75) is 50.0 Å². The Morgan fingerprint density at radius 2 is 1.49 bits per heavy atom. The highest BCUT2D eigenvalue weighted by atomic mass is 32.1. The summed E-state index contributed by atoms with van der Waals surface area (Å²) < 4.78 is 0. The van der Waals surface area contributed by atoms with Gasteiger partial charge >= 0.3 is 5.97 Å². The molecule has 1 aliphatic carbocycles. The SMILES string of the molecule is O=C(O)CC1(c2ccc(-c3ccc(-c4ccsc4CCCC(O)c4ccccc4)cc3)cc2)CC1. The smallest absolute Gasteiger partial charge is 0.304 e. The summed E-state index contributed by atoms with van der Waals surface area (Å²) in [5.74, 6) is -0.720. The van der Waals surface area contributed by atoms with Crippen molar-refractivity contribution in [1.82, 2.24) is 0 Å². The Kier molecular flexibility index (Phi) is 6.85. The van der Waals surface area contributed by atoms with E-state index in [9.17, 15) is 15.0 Å². The monoisotopic (exact) mass is 482 g/mol. The number of rotatable bonds is 10. The molecule has 178 valence electrons. The van der Waals surface area contributed by atoms with Gasteiger partial charge in [-0.2, -0.15) is 0 Å². The number of aliphatic carboxylic acids is 1. The van der Waals surface area contributed by atoms with E-state index in [0.29, 0.717) is 0 Å². The highest BCUT2D eigenvalue weighted by Gasteiger charge is 2.45. The van der Waals surface area contributed by atoms with Crippen molar-refractivity contribution in [3.8, 4) is 22.3 Å². The number of aliphatic hydroxyl groups excluding tert-OH is 1. The molecule has 0 radical (unpaired) electrons. The summed E-state index contributed by atoms with van der Waals surface area (Å²) in [6.45, 7) is 0. The number of carbonyl (C=O) groups is 1. The Morgan fingerprint density at radius 3 is 2.11 bits per heavy atom. The molecule has 1 heterocycles. The Bertz CT molecular complexity index is 1270. The van der Waals surface area contributed by atoms with Gasteiger partial charge in [0.1, 0.15) is 0 Å². The second-order valence-electron chi connectivity index (χ2n) is 9.58. The highest BCUT2D eigenvalue weighted by Crippen LogP contribution is 2.51. The second-order valence-corrected chi connectivity index (χ2v) is 10.6. The van der Waals surface area contributed by atoms with E-state index in [4.69, 9.17) is 0 Å². The first-order chi connectivity index (χ1) is 17.0. The van der Waals surface area contributed by atoms with Gasteiger partial charge in [-0.3, -0.25) is 4.79 Å². The molecule has 1 fully saturated rings. The van der Waals surface area contributed by atoms with Crippen molar-refractivity contribution in [3.05, 3.63) is 106 Å². The summed E-state index contributed by atoms with van der Waals surface area (Å²) in [5, 5.41) is 21.8. The fraction of sp³-hybridized carbons (Fsp3) is 0.258. The molecule has 0 spiro atoms. The van der Waals surface area contributed by atoms with E-state index in [0.717, 1.165) is 54.4 Å². The Morgan fingerprint density at radius 1 is 0.857 bits per heavy atom. The zero-order valence-corrected chi connectivity index (χ0v) is 20.5. The van der Waals surface area contributed by atoms with E-state index >= 15 is 0 Å². The maximum Gasteiger partial charge on any atom is 0.304 e. The van der Waals surface area contributed by atoms with Crippen molar-refractivity contribution in [3.63, 3.8) is 0 Å². The van der Waals surface area contributed by atoms with E-state index in [-0.39, 0.29) is 11.8 Å². The average molecular weight is 483 g/mol. The molecule has 2 N–H and O–H groups in total. The molecule has 1 saturated carbocycles. The molecule has 35 heavy (non-hydrogen) atoms. The number of hydrogen-bond acceptors (Lipinski definition) is 3. The number of aliphatic hydroxyl groups is 1. The molecule has 0 amide bonds. The van der Waals surface area contributed by atoms with Crippen LogP contribution in [-0.2, 0) is 16.6 Å². The minimum absolute atomic E-state index is 0.152. The van der Waals surface area contributed by atoms with E-state index in [1.807, 2.05) is 30.3 Å². The third-order valence-electron chi connectivity index (χ3n) is 7.18. The largest absolute Gasteiger partial charge is 0.481 e. The maximum absolute atomic E-state index is 11.2. The molecule has 1 aliphatic rings. The van der Waals surface area contributed by atoms with Gasteiger partial charge in [0.25, 0.3) is 0 Å². The third kappa shape index (κ3) is 5.39. The van der Waals surface area contributed by atoms with Crippen LogP contribution in [0.25, 0.3) is 22.3 Å².